The first kappa shape index (κ1) is 13.5. The average molecular weight is 266 g/mol. The summed E-state index contributed by atoms with van der Waals surface area (Å²) in [6.45, 7) is -3.00. The van der Waals surface area contributed by atoms with Crippen LogP contribution in [0.15, 0.2) is 18.2 Å². The van der Waals surface area contributed by atoms with Crippen molar-refractivity contribution in [2.45, 2.75) is 12.0 Å². The van der Waals surface area contributed by atoms with Crippen molar-refractivity contribution in [1.82, 2.24) is 0 Å². The third kappa shape index (κ3) is 3.45. The highest BCUT2D eigenvalue weighted by Crippen LogP contribution is 2.33. The standard InChI is InChI=1S/C10H10ClF2NO3/c1-16-6-3-2-5(8(11)9(14)15)4-7(6)17-10(12)13/h2-4,8,10H,1H3,(H2,14,15). The number of amides is 1. The highest BCUT2D eigenvalue weighted by atomic mass is 35.5. The van der Waals surface area contributed by atoms with E-state index in [1.807, 2.05) is 0 Å². The summed E-state index contributed by atoms with van der Waals surface area (Å²) in [4.78, 5) is 10.9. The molecular formula is C10H10ClF2NO3. The number of rotatable bonds is 5. The van der Waals surface area contributed by atoms with E-state index in [1.54, 1.807) is 0 Å². The van der Waals surface area contributed by atoms with Crippen molar-refractivity contribution in [1.29, 1.82) is 0 Å². The van der Waals surface area contributed by atoms with E-state index in [2.05, 4.69) is 4.74 Å². The maximum Gasteiger partial charge on any atom is 0.387 e. The molecule has 7 heteroatoms. The SMILES string of the molecule is COc1ccc(C(Cl)C(N)=O)cc1OC(F)F. The Balaban J connectivity index is 3.08. The lowest BCUT2D eigenvalue weighted by Crippen LogP contribution is -2.17. The summed E-state index contributed by atoms with van der Waals surface area (Å²) in [6.07, 6.45) is 0. The zero-order valence-corrected chi connectivity index (χ0v) is 9.58. The van der Waals surface area contributed by atoms with E-state index in [9.17, 15) is 13.6 Å². The molecule has 0 aliphatic carbocycles. The largest absolute Gasteiger partial charge is 0.493 e. The molecule has 0 aromatic heterocycles. The van der Waals surface area contributed by atoms with Crippen molar-refractivity contribution in [3.63, 3.8) is 0 Å². The summed E-state index contributed by atoms with van der Waals surface area (Å²) in [7, 11) is 1.31. The van der Waals surface area contributed by atoms with Crippen LogP contribution in [0.3, 0.4) is 0 Å². The molecule has 0 aliphatic rings. The number of benzene rings is 1. The minimum atomic E-state index is -3.00. The normalized spacial score (nSPS) is 12.3. The van der Waals surface area contributed by atoms with E-state index in [-0.39, 0.29) is 17.1 Å². The second-order valence-corrected chi connectivity index (χ2v) is 3.49. The van der Waals surface area contributed by atoms with Crippen LogP contribution in [0.5, 0.6) is 11.5 Å². The number of nitrogens with two attached hydrogens (primary N) is 1. The van der Waals surface area contributed by atoms with E-state index in [0.29, 0.717) is 0 Å². The van der Waals surface area contributed by atoms with Crippen molar-refractivity contribution in [2.75, 3.05) is 7.11 Å². The Bertz CT molecular complexity index is 415. The van der Waals surface area contributed by atoms with Crippen molar-refractivity contribution < 1.29 is 23.0 Å². The first-order valence-electron chi connectivity index (χ1n) is 4.52. The van der Waals surface area contributed by atoms with Crippen LogP contribution in [0, 0.1) is 0 Å². The fourth-order valence-electron chi connectivity index (χ4n) is 1.20. The molecule has 0 fully saturated rings. The van der Waals surface area contributed by atoms with Gasteiger partial charge in [0.05, 0.1) is 7.11 Å². The van der Waals surface area contributed by atoms with Gasteiger partial charge in [0.1, 0.15) is 5.38 Å². The summed E-state index contributed by atoms with van der Waals surface area (Å²) in [6, 6.07) is 4.00. The Morgan fingerprint density at radius 3 is 2.53 bits per heavy atom. The maximum atomic E-state index is 12.1. The third-order valence-corrected chi connectivity index (χ3v) is 2.41. The summed E-state index contributed by atoms with van der Waals surface area (Å²) >= 11 is 5.69. The monoisotopic (exact) mass is 265 g/mol. The third-order valence-electron chi connectivity index (χ3n) is 1.95. The zero-order chi connectivity index (χ0) is 13.0. The van der Waals surface area contributed by atoms with Gasteiger partial charge in [-0.3, -0.25) is 4.79 Å². The molecule has 0 saturated heterocycles. The van der Waals surface area contributed by atoms with E-state index in [0.717, 1.165) is 0 Å². The zero-order valence-electron chi connectivity index (χ0n) is 8.82. The Kier molecular flexibility index (Phi) is 4.51. The second kappa shape index (κ2) is 5.67. The Labute approximate surface area is 101 Å². The molecule has 2 N–H and O–H groups in total. The lowest BCUT2D eigenvalue weighted by Gasteiger charge is -2.12. The average Bonchev–Trinajstić information content (AvgIpc) is 2.27. The van der Waals surface area contributed by atoms with Gasteiger partial charge in [-0.05, 0) is 17.7 Å². The van der Waals surface area contributed by atoms with Gasteiger partial charge in [-0.15, -0.1) is 11.6 Å². The summed E-state index contributed by atoms with van der Waals surface area (Å²) < 4.78 is 33.3. The van der Waals surface area contributed by atoms with E-state index in [1.165, 1.54) is 25.3 Å². The molecule has 17 heavy (non-hydrogen) atoms. The number of carbonyl (C=O) groups excluding carboxylic acids is 1. The van der Waals surface area contributed by atoms with Gasteiger partial charge < -0.3 is 15.2 Å². The van der Waals surface area contributed by atoms with Crippen LogP contribution in [0.1, 0.15) is 10.9 Å². The Hall–Kier alpha value is -1.56. The smallest absolute Gasteiger partial charge is 0.387 e. The molecule has 0 radical (unpaired) electrons. The number of carbonyl (C=O) groups is 1. The summed E-state index contributed by atoms with van der Waals surface area (Å²) in [5.41, 5.74) is 5.26. The van der Waals surface area contributed by atoms with Gasteiger partial charge in [0, 0.05) is 0 Å². The van der Waals surface area contributed by atoms with Crippen LogP contribution in [-0.2, 0) is 4.79 Å². The number of primary amides is 1. The number of alkyl halides is 3. The first-order chi connectivity index (χ1) is 7.95. The predicted molar refractivity (Wildman–Crippen MR) is 57.4 cm³/mol. The van der Waals surface area contributed by atoms with Crippen molar-refractivity contribution >= 4 is 17.5 Å². The molecule has 0 heterocycles. The van der Waals surface area contributed by atoms with Gasteiger partial charge in [0.25, 0.3) is 0 Å². The number of halogens is 3. The number of hydrogen-bond donors (Lipinski definition) is 1. The van der Waals surface area contributed by atoms with Crippen LogP contribution < -0.4 is 15.2 Å². The van der Waals surface area contributed by atoms with Crippen LogP contribution in [-0.4, -0.2) is 19.6 Å². The van der Waals surface area contributed by atoms with Gasteiger partial charge in [0.2, 0.25) is 5.91 Å². The molecule has 1 unspecified atom stereocenters. The fourth-order valence-corrected chi connectivity index (χ4v) is 1.34. The lowest BCUT2D eigenvalue weighted by molar-refractivity contribution is -0.117. The highest BCUT2D eigenvalue weighted by Gasteiger charge is 2.18. The molecule has 1 rings (SSSR count). The minimum absolute atomic E-state index is 0.113. The van der Waals surface area contributed by atoms with Gasteiger partial charge in [-0.25, -0.2) is 0 Å². The Morgan fingerprint density at radius 1 is 1.41 bits per heavy atom. The second-order valence-electron chi connectivity index (χ2n) is 3.05. The number of hydrogen-bond acceptors (Lipinski definition) is 3. The van der Waals surface area contributed by atoms with Gasteiger partial charge in [-0.1, -0.05) is 6.07 Å². The molecule has 4 nitrogen and oxygen atoms in total. The molecule has 0 bridgehead atoms. The molecule has 0 saturated carbocycles. The Morgan fingerprint density at radius 2 is 2.06 bits per heavy atom. The van der Waals surface area contributed by atoms with Gasteiger partial charge in [0.15, 0.2) is 11.5 Å². The molecule has 0 spiro atoms. The van der Waals surface area contributed by atoms with E-state index in [4.69, 9.17) is 22.1 Å². The van der Waals surface area contributed by atoms with Crippen molar-refractivity contribution in [3.05, 3.63) is 23.8 Å². The first-order valence-corrected chi connectivity index (χ1v) is 4.95. The van der Waals surface area contributed by atoms with Crippen molar-refractivity contribution in [2.24, 2.45) is 5.73 Å². The quantitative estimate of drug-likeness (QED) is 0.829. The van der Waals surface area contributed by atoms with Crippen molar-refractivity contribution in [3.8, 4) is 11.5 Å². The highest BCUT2D eigenvalue weighted by molar-refractivity contribution is 6.30. The van der Waals surface area contributed by atoms with Gasteiger partial charge in [-0.2, -0.15) is 8.78 Å². The summed E-state index contributed by atoms with van der Waals surface area (Å²) in [5.74, 6) is -0.867. The predicted octanol–water partition coefficient (Wildman–Crippen LogP) is 2.06. The van der Waals surface area contributed by atoms with E-state index >= 15 is 0 Å². The molecule has 0 aliphatic heterocycles. The minimum Gasteiger partial charge on any atom is -0.493 e. The molecule has 1 aromatic rings. The lowest BCUT2D eigenvalue weighted by atomic mass is 10.1. The van der Waals surface area contributed by atoms with Gasteiger partial charge >= 0.3 is 6.61 Å². The molecule has 1 amide bonds. The molecular weight excluding hydrogens is 256 g/mol. The molecule has 1 aromatic carbocycles. The fraction of sp³-hybridized carbons (Fsp3) is 0.300. The topological polar surface area (TPSA) is 61.5 Å². The number of methoxy groups -OCH3 is 1. The summed E-state index contributed by atoms with van der Waals surface area (Å²) in [5, 5.41) is -1.11. The number of ether oxygens (including phenoxy) is 2. The van der Waals surface area contributed by atoms with Crippen LogP contribution >= 0.6 is 11.6 Å². The maximum absolute atomic E-state index is 12.1. The van der Waals surface area contributed by atoms with Crippen LogP contribution in [0.25, 0.3) is 0 Å². The molecule has 94 valence electrons. The molecule has 1 atom stereocenters. The van der Waals surface area contributed by atoms with Crippen LogP contribution in [0.4, 0.5) is 8.78 Å². The van der Waals surface area contributed by atoms with Crippen LogP contribution in [0.2, 0.25) is 0 Å². The van der Waals surface area contributed by atoms with E-state index < -0.39 is 17.9 Å².